The zero-order valence-electron chi connectivity index (χ0n) is 13.9. The van der Waals surface area contributed by atoms with Crippen molar-refractivity contribution in [2.45, 2.75) is 20.8 Å². The monoisotopic (exact) mass is 348 g/mol. The van der Waals surface area contributed by atoms with Crippen molar-refractivity contribution in [3.63, 3.8) is 0 Å². The Labute approximate surface area is 145 Å². The van der Waals surface area contributed by atoms with E-state index in [1.807, 2.05) is 32.0 Å². The van der Waals surface area contributed by atoms with Gasteiger partial charge in [0.15, 0.2) is 0 Å². The Morgan fingerprint density at radius 1 is 1.38 bits per heavy atom. The summed E-state index contributed by atoms with van der Waals surface area (Å²) in [5, 5.41) is 3.25. The van der Waals surface area contributed by atoms with Crippen molar-refractivity contribution < 1.29 is 19.1 Å². The lowest BCUT2D eigenvalue weighted by atomic mass is 10.1. The van der Waals surface area contributed by atoms with Crippen molar-refractivity contribution in [1.29, 1.82) is 0 Å². The maximum absolute atomic E-state index is 12.3. The Hall–Kier alpha value is -2.28. The number of esters is 1. The number of amides is 2. The van der Waals surface area contributed by atoms with Crippen LogP contribution in [0.3, 0.4) is 0 Å². The summed E-state index contributed by atoms with van der Waals surface area (Å²) in [4.78, 5) is 37.1. The minimum absolute atomic E-state index is 0.134. The molecule has 1 aliphatic heterocycles. The minimum atomic E-state index is -0.519. The van der Waals surface area contributed by atoms with E-state index < -0.39 is 5.97 Å². The topological polar surface area (TPSA) is 75.7 Å². The van der Waals surface area contributed by atoms with Crippen LogP contribution in [0.15, 0.2) is 29.3 Å². The molecule has 128 valence electrons. The van der Waals surface area contributed by atoms with Gasteiger partial charge in [0, 0.05) is 5.69 Å². The fraction of sp³-hybridized carbons (Fsp3) is 0.353. The summed E-state index contributed by atoms with van der Waals surface area (Å²) in [5.41, 5.74) is 2.77. The Bertz CT molecular complexity index is 700. The number of nitrogens with zero attached hydrogens (tertiary/aromatic N) is 1. The van der Waals surface area contributed by atoms with Crippen LogP contribution in [-0.4, -0.2) is 41.6 Å². The highest BCUT2D eigenvalue weighted by Crippen LogP contribution is 2.28. The largest absolute Gasteiger partial charge is 0.463 e. The van der Waals surface area contributed by atoms with Crippen LogP contribution >= 0.6 is 11.8 Å². The number of carbonyl (C=O) groups excluding carboxylic acids is 3. The summed E-state index contributed by atoms with van der Waals surface area (Å²) in [6, 6.07) is 5.64. The summed E-state index contributed by atoms with van der Waals surface area (Å²) in [6.45, 7) is 5.72. The van der Waals surface area contributed by atoms with Crippen molar-refractivity contribution in [3.05, 3.63) is 40.4 Å². The number of benzene rings is 1. The summed E-state index contributed by atoms with van der Waals surface area (Å²) in [6.07, 6.45) is 1.25. The van der Waals surface area contributed by atoms with E-state index in [-0.39, 0.29) is 30.7 Å². The van der Waals surface area contributed by atoms with Crippen LogP contribution in [0, 0.1) is 13.8 Å². The van der Waals surface area contributed by atoms with Crippen LogP contribution in [0.2, 0.25) is 0 Å². The molecule has 1 N–H and O–H groups in total. The normalized spacial score (nSPS) is 15.7. The van der Waals surface area contributed by atoms with Crippen LogP contribution in [0.5, 0.6) is 0 Å². The predicted octanol–water partition coefficient (Wildman–Crippen LogP) is 2.22. The zero-order chi connectivity index (χ0) is 17.7. The fourth-order valence-electron chi connectivity index (χ4n) is 2.20. The van der Waals surface area contributed by atoms with Gasteiger partial charge >= 0.3 is 5.97 Å². The quantitative estimate of drug-likeness (QED) is 0.652. The minimum Gasteiger partial charge on any atom is -0.463 e. The number of rotatable bonds is 5. The maximum Gasteiger partial charge on any atom is 0.333 e. The number of thioether (sulfide) groups is 1. The number of anilines is 1. The highest BCUT2D eigenvalue weighted by Gasteiger charge is 2.29. The van der Waals surface area contributed by atoms with Crippen LogP contribution in [0.25, 0.3) is 0 Å². The molecule has 0 radical (unpaired) electrons. The van der Waals surface area contributed by atoms with E-state index in [0.717, 1.165) is 16.8 Å². The molecule has 2 rings (SSSR count). The molecule has 7 heteroatoms. The molecule has 0 bridgehead atoms. The van der Waals surface area contributed by atoms with E-state index in [1.165, 1.54) is 22.7 Å². The second kappa shape index (κ2) is 8.01. The SMILES string of the molecule is CCOC(=O)C=C1SCC(=O)N1CC(=O)Nc1cccc(C)c1C. The molecule has 1 aromatic rings. The molecule has 0 unspecified atom stereocenters. The number of hydrogen-bond acceptors (Lipinski definition) is 5. The molecule has 1 fully saturated rings. The van der Waals surface area contributed by atoms with Gasteiger partial charge in [0.1, 0.15) is 6.54 Å². The van der Waals surface area contributed by atoms with Gasteiger partial charge in [0.25, 0.3) is 0 Å². The third-order valence-corrected chi connectivity index (χ3v) is 4.64. The molecule has 2 amide bonds. The number of nitrogens with one attached hydrogen (secondary N) is 1. The first-order valence-corrected chi connectivity index (χ1v) is 8.58. The molecule has 6 nitrogen and oxygen atoms in total. The second-order valence-electron chi connectivity index (χ2n) is 5.30. The van der Waals surface area contributed by atoms with Gasteiger partial charge < -0.3 is 10.1 Å². The summed E-state index contributed by atoms with van der Waals surface area (Å²) >= 11 is 1.22. The van der Waals surface area contributed by atoms with Gasteiger partial charge in [-0.15, -0.1) is 0 Å². The van der Waals surface area contributed by atoms with Gasteiger partial charge in [-0.2, -0.15) is 0 Å². The van der Waals surface area contributed by atoms with Crippen LogP contribution in [-0.2, 0) is 19.1 Å². The van der Waals surface area contributed by atoms with Crippen molar-refractivity contribution in [3.8, 4) is 0 Å². The van der Waals surface area contributed by atoms with Gasteiger partial charge in [-0.1, -0.05) is 23.9 Å². The Morgan fingerprint density at radius 2 is 2.12 bits per heavy atom. The molecule has 24 heavy (non-hydrogen) atoms. The number of hydrogen-bond donors (Lipinski definition) is 1. The van der Waals surface area contributed by atoms with Gasteiger partial charge in [-0.05, 0) is 38.0 Å². The fourth-order valence-corrected chi connectivity index (χ4v) is 3.13. The third-order valence-electron chi connectivity index (χ3n) is 3.62. The molecule has 1 aromatic carbocycles. The Morgan fingerprint density at radius 3 is 2.83 bits per heavy atom. The van der Waals surface area contributed by atoms with E-state index in [2.05, 4.69) is 5.32 Å². The smallest absolute Gasteiger partial charge is 0.333 e. The average Bonchev–Trinajstić information content (AvgIpc) is 2.85. The van der Waals surface area contributed by atoms with Gasteiger partial charge in [-0.3, -0.25) is 14.5 Å². The molecule has 0 aromatic heterocycles. The van der Waals surface area contributed by atoms with Crippen molar-refractivity contribution >= 4 is 35.2 Å². The van der Waals surface area contributed by atoms with Crippen LogP contribution in [0.4, 0.5) is 5.69 Å². The summed E-state index contributed by atoms with van der Waals surface area (Å²) < 4.78 is 4.85. The van der Waals surface area contributed by atoms with Crippen molar-refractivity contribution in [1.82, 2.24) is 4.90 Å². The predicted molar refractivity (Wildman–Crippen MR) is 93.4 cm³/mol. The standard InChI is InChI=1S/C17H20N2O4S/c1-4-23-17(22)8-16-19(15(21)10-24-16)9-14(20)18-13-7-5-6-11(2)12(13)3/h5-8H,4,9-10H2,1-3H3,(H,18,20). The molecule has 0 spiro atoms. The lowest BCUT2D eigenvalue weighted by molar-refractivity contribution is -0.137. The molecule has 0 saturated carbocycles. The molecule has 1 aliphatic rings. The van der Waals surface area contributed by atoms with E-state index >= 15 is 0 Å². The molecule has 0 aliphatic carbocycles. The second-order valence-corrected chi connectivity index (χ2v) is 6.29. The molecule has 0 atom stereocenters. The van der Waals surface area contributed by atoms with Crippen molar-refractivity contribution in [2.24, 2.45) is 0 Å². The highest BCUT2D eigenvalue weighted by molar-refractivity contribution is 8.04. The van der Waals surface area contributed by atoms with Crippen molar-refractivity contribution in [2.75, 3.05) is 24.2 Å². The lowest BCUT2D eigenvalue weighted by Crippen LogP contribution is -2.34. The number of carbonyl (C=O) groups is 3. The highest BCUT2D eigenvalue weighted by atomic mass is 32.2. The lowest BCUT2D eigenvalue weighted by Gasteiger charge is -2.17. The van der Waals surface area contributed by atoms with Crippen LogP contribution < -0.4 is 5.32 Å². The van der Waals surface area contributed by atoms with E-state index in [9.17, 15) is 14.4 Å². The first kappa shape index (κ1) is 18.1. The molecule has 1 heterocycles. The van der Waals surface area contributed by atoms with E-state index in [1.54, 1.807) is 6.92 Å². The van der Waals surface area contributed by atoms with E-state index in [0.29, 0.717) is 5.03 Å². The van der Waals surface area contributed by atoms with Crippen LogP contribution in [0.1, 0.15) is 18.1 Å². The first-order chi connectivity index (χ1) is 11.4. The van der Waals surface area contributed by atoms with E-state index in [4.69, 9.17) is 4.74 Å². The number of aryl methyl sites for hydroxylation is 1. The maximum atomic E-state index is 12.3. The zero-order valence-corrected chi connectivity index (χ0v) is 14.7. The third kappa shape index (κ3) is 4.38. The summed E-state index contributed by atoms with van der Waals surface area (Å²) in [7, 11) is 0. The van der Waals surface area contributed by atoms with Gasteiger partial charge in [0.05, 0.1) is 23.5 Å². The number of ether oxygens (including phenoxy) is 1. The molecular formula is C17H20N2O4S. The van der Waals surface area contributed by atoms with Gasteiger partial charge in [0.2, 0.25) is 11.8 Å². The Balaban J connectivity index is 2.07. The first-order valence-electron chi connectivity index (χ1n) is 7.60. The molecular weight excluding hydrogens is 328 g/mol. The Kier molecular flexibility index (Phi) is 6.03. The van der Waals surface area contributed by atoms with Gasteiger partial charge in [-0.25, -0.2) is 4.79 Å². The molecule has 1 saturated heterocycles. The summed E-state index contributed by atoms with van der Waals surface area (Å²) in [5.74, 6) is -0.822. The average molecular weight is 348 g/mol.